The second kappa shape index (κ2) is 16.8. The van der Waals surface area contributed by atoms with E-state index >= 15 is 0 Å². The summed E-state index contributed by atoms with van der Waals surface area (Å²) in [7, 11) is 0. The number of rotatable bonds is 15. The summed E-state index contributed by atoms with van der Waals surface area (Å²) in [4.78, 5) is 2.14. The molecule has 25 heavy (non-hydrogen) atoms. The van der Waals surface area contributed by atoms with Gasteiger partial charge in [0.1, 0.15) is 0 Å². The Morgan fingerprint density at radius 3 is 2.12 bits per heavy atom. The molecule has 0 amide bonds. The number of hydrogen-bond acceptors (Lipinski definition) is 3. The van der Waals surface area contributed by atoms with Crippen molar-refractivity contribution in [2.45, 2.75) is 77.4 Å². The van der Waals surface area contributed by atoms with Crippen LogP contribution in [0.1, 0.15) is 70.3 Å². The first kappa shape index (κ1) is 24.4. The van der Waals surface area contributed by atoms with E-state index < -0.39 is 0 Å². The van der Waals surface area contributed by atoms with Crippen molar-refractivity contribution in [3.63, 3.8) is 0 Å². The largest absolute Gasteiger partial charge is 0.395 e. The zero-order chi connectivity index (χ0) is 17.5. The molecule has 0 fully saturated rings. The number of hydrogen-bond donors (Lipinski definition) is 2. The van der Waals surface area contributed by atoms with Crippen molar-refractivity contribution in [2.24, 2.45) is 0 Å². The minimum Gasteiger partial charge on any atom is -0.395 e. The highest BCUT2D eigenvalue weighted by atomic mass is 35.5. The van der Waals surface area contributed by atoms with Crippen LogP contribution in [-0.2, 0) is 6.54 Å². The zero-order valence-corrected chi connectivity index (χ0v) is 16.7. The van der Waals surface area contributed by atoms with Gasteiger partial charge in [0.2, 0.25) is 0 Å². The highest BCUT2D eigenvalue weighted by molar-refractivity contribution is 5.85. The Morgan fingerprint density at radius 1 is 0.920 bits per heavy atom. The summed E-state index contributed by atoms with van der Waals surface area (Å²) in [6, 6.07) is 10.3. The molecule has 2 N–H and O–H groups in total. The fraction of sp³-hybridized carbons (Fsp3) is 0.714. The summed E-state index contributed by atoms with van der Waals surface area (Å²) in [5.41, 5.74) is 1.23. The maximum atomic E-state index is 10.3. The molecule has 0 aliphatic carbocycles. The zero-order valence-electron chi connectivity index (χ0n) is 15.9. The first-order valence-corrected chi connectivity index (χ1v) is 9.81. The predicted molar refractivity (Wildman–Crippen MR) is 109 cm³/mol. The van der Waals surface area contributed by atoms with Crippen LogP contribution in [0.25, 0.3) is 0 Å². The maximum absolute atomic E-state index is 10.3. The average molecular weight is 372 g/mol. The molecule has 146 valence electrons. The lowest BCUT2D eigenvalue weighted by Crippen LogP contribution is -2.34. The van der Waals surface area contributed by atoms with Gasteiger partial charge in [-0.1, -0.05) is 88.6 Å². The smallest absolute Gasteiger partial charge is 0.0667 e. The van der Waals surface area contributed by atoms with E-state index in [4.69, 9.17) is 0 Å². The number of halogens is 1. The summed E-state index contributed by atoms with van der Waals surface area (Å²) in [5, 5.41) is 19.5. The van der Waals surface area contributed by atoms with Gasteiger partial charge in [-0.15, -0.1) is 12.4 Å². The fourth-order valence-corrected chi connectivity index (χ4v) is 3.12. The minimum absolute atomic E-state index is 0. The summed E-state index contributed by atoms with van der Waals surface area (Å²) >= 11 is 0. The lowest BCUT2D eigenvalue weighted by atomic mass is 10.1. The van der Waals surface area contributed by atoms with Crippen LogP contribution in [0.2, 0.25) is 0 Å². The van der Waals surface area contributed by atoms with E-state index in [1.807, 2.05) is 18.2 Å². The highest BCUT2D eigenvalue weighted by Crippen LogP contribution is 2.12. The van der Waals surface area contributed by atoms with Crippen LogP contribution in [0.3, 0.4) is 0 Å². The molecule has 1 unspecified atom stereocenters. The molecule has 0 heterocycles. The third-order valence-corrected chi connectivity index (χ3v) is 4.53. The van der Waals surface area contributed by atoms with Crippen LogP contribution in [0, 0.1) is 0 Å². The Hall–Kier alpha value is -0.610. The molecule has 1 aromatic rings. The molecule has 0 aliphatic heterocycles. The van der Waals surface area contributed by atoms with Crippen LogP contribution in [0.15, 0.2) is 30.3 Å². The van der Waals surface area contributed by atoms with Crippen molar-refractivity contribution >= 4 is 12.4 Å². The van der Waals surface area contributed by atoms with E-state index in [0.717, 1.165) is 19.4 Å². The van der Waals surface area contributed by atoms with E-state index in [1.165, 1.54) is 50.5 Å². The van der Waals surface area contributed by atoms with Crippen molar-refractivity contribution in [3.05, 3.63) is 35.9 Å². The highest BCUT2D eigenvalue weighted by Gasteiger charge is 2.11. The average Bonchev–Trinajstić information content (AvgIpc) is 2.58. The predicted octanol–water partition coefficient (Wildman–Crippen LogP) is 4.79. The van der Waals surface area contributed by atoms with E-state index in [-0.39, 0.29) is 25.1 Å². The number of benzene rings is 1. The van der Waals surface area contributed by atoms with Gasteiger partial charge >= 0.3 is 0 Å². The molecule has 1 rings (SSSR count). The standard InChI is InChI=1S/C21H37NO2.ClH/c1-2-3-4-5-6-7-8-12-15-21(24)19-22(16-17-23)18-20-13-10-9-11-14-20;/h9-11,13-14,21,23-24H,2-8,12,15-19H2,1H3;1H. The molecule has 1 aromatic carbocycles. The summed E-state index contributed by atoms with van der Waals surface area (Å²) in [6.07, 6.45) is 10.9. The van der Waals surface area contributed by atoms with Gasteiger partial charge in [0.15, 0.2) is 0 Å². The van der Waals surface area contributed by atoms with Gasteiger partial charge in [-0.2, -0.15) is 0 Å². The van der Waals surface area contributed by atoms with E-state index in [0.29, 0.717) is 13.1 Å². The molecular formula is C21H38ClNO2. The first-order chi connectivity index (χ1) is 11.8. The summed E-state index contributed by atoms with van der Waals surface area (Å²) in [5.74, 6) is 0. The van der Waals surface area contributed by atoms with Gasteiger partial charge in [-0.25, -0.2) is 0 Å². The SMILES string of the molecule is CCCCCCCCCCC(O)CN(CCO)Cc1ccccc1.Cl. The summed E-state index contributed by atoms with van der Waals surface area (Å²) in [6.45, 7) is 4.43. The Morgan fingerprint density at radius 2 is 1.52 bits per heavy atom. The molecule has 3 nitrogen and oxygen atoms in total. The maximum Gasteiger partial charge on any atom is 0.0667 e. The Bertz CT molecular complexity index is 389. The molecule has 1 atom stereocenters. The van der Waals surface area contributed by atoms with Crippen molar-refractivity contribution in [3.8, 4) is 0 Å². The van der Waals surface area contributed by atoms with Gasteiger partial charge in [0.25, 0.3) is 0 Å². The third-order valence-electron chi connectivity index (χ3n) is 4.53. The quantitative estimate of drug-likeness (QED) is 0.435. The van der Waals surface area contributed by atoms with E-state index in [2.05, 4.69) is 24.0 Å². The van der Waals surface area contributed by atoms with Crippen molar-refractivity contribution < 1.29 is 10.2 Å². The Kier molecular flexibility index (Phi) is 16.4. The number of nitrogens with zero attached hydrogens (tertiary/aromatic N) is 1. The van der Waals surface area contributed by atoms with Crippen molar-refractivity contribution in [1.29, 1.82) is 0 Å². The third kappa shape index (κ3) is 13.3. The normalized spacial score (nSPS) is 12.2. The number of aliphatic hydroxyl groups is 2. The van der Waals surface area contributed by atoms with E-state index in [1.54, 1.807) is 0 Å². The van der Waals surface area contributed by atoms with Gasteiger partial charge < -0.3 is 10.2 Å². The Balaban J connectivity index is 0.00000576. The van der Waals surface area contributed by atoms with Gasteiger partial charge in [-0.3, -0.25) is 4.90 Å². The van der Waals surface area contributed by atoms with Crippen molar-refractivity contribution in [2.75, 3.05) is 19.7 Å². The monoisotopic (exact) mass is 371 g/mol. The molecule has 0 radical (unpaired) electrons. The molecule has 4 heteroatoms. The topological polar surface area (TPSA) is 43.7 Å². The Labute approximate surface area is 160 Å². The van der Waals surface area contributed by atoms with Crippen LogP contribution >= 0.6 is 12.4 Å². The van der Waals surface area contributed by atoms with Gasteiger partial charge in [-0.05, 0) is 12.0 Å². The van der Waals surface area contributed by atoms with Gasteiger partial charge in [0, 0.05) is 19.6 Å². The summed E-state index contributed by atoms with van der Waals surface area (Å²) < 4.78 is 0. The van der Waals surface area contributed by atoms with Crippen LogP contribution in [0.4, 0.5) is 0 Å². The van der Waals surface area contributed by atoms with Crippen molar-refractivity contribution in [1.82, 2.24) is 4.90 Å². The molecule has 0 aromatic heterocycles. The minimum atomic E-state index is -0.291. The van der Waals surface area contributed by atoms with Crippen LogP contribution in [-0.4, -0.2) is 40.9 Å². The molecule has 0 saturated carbocycles. The number of aliphatic hydroxyl groups excluding tert-OH is 2. The first-order valence-electron chi connectivity index (χ1n) is 9.81. The van der Waals surface area contributed by atoms with Crippen LogP contribution < -0.4 is 0 Å². The lowest BCUT2D eigenvalue weighted by molar-refractivity contribution is 0.0878. The molecule has 0 saturated heterocycles. The second-order valence-corrected chi connectivity index (χ2v) is 6.86. The molecular weight excluding hydrogens is 334 g/mol. The molecule has 0 aliphatic rings. The fourth-order valence-electron chi connectivity index (χ4n) is 3.12. The second-order valence-electron chi connectivity index (χ2n) is 6.86. The number of unbranched alkanes of at least 4 members (excludes halogenated alkanes) is 7. The molecule has 0 spiro atoms. The van der Waals surface area contributed by atoms with E-state index in [9.17, 15) is 10.2 Å². The van der Waals surface area contributed by atoms with Crippen LogP contribution in [0.5, 0.6) is 0 Å². The lowest BCUT2D eigenvalue weighted by Gasteiger charge is -2.24. The van der Waals surface area contributed by atoms with Gasteiger partial charge in [0.05, 0.1) is 12.7 Å². The molecule has 0 bridgehead atoms.